The lowest BCUT2D eigenvalue weighted by molar-refractivity contribution is 0.334. The molecule has 0 rings (SSSR count). The van der Waals surface area contributed by atoms with Gasteiger partial charge >= 0.3 is 0 Å². The third kappa shape index (κ3) is 6.49. The van der Waals surface area contributed by atoms with Crippen molar-refractivity contribution in [2.45, 2.75) is 52.9 Å². The molecule has 0 atom stereocenters. The second-order valence-electron chi connectivity index (χ2n) is 4.56. The van der Waals surface area contributed by atoms with E-state index in [0.29, 0.717) is 5.92 Å². The second kappa shape index (κ2) is 9.25. The molecule has 0 aromatic carbocycles. The lowest BCUT2D eigenvalue weighted by atomic mass is 10.1. The summed E-state index contributed by atoms with van der Waals surface area (Å²) in [5, 5.41) is 5.99. The summed E-state index contributed by atoms with van der Waals surface area (Å²) in [4.78, 5) is 0. The summed E-state index contributed by atoms with van der Waals surface area (Å²) in [6.45, 7) is 11.2. The van der Waals surface area contributed by atoms with E-state index in [4.69, 9.17) is 5.73 Å². The minimum atomic E-state index is 0.692. The van der Waals surface area contributed by atoms with Gasteiger partial charge in [-0.15, -0.1) is 0 Å². The highest BCUT2D eigenvalue weighted by molar-refractivity contribution is 5.23. The number of unbranched alkanes of at least 4 members (excludes halogenated alkanes) is 2. The fourth-order valence-electron chi connectivity index (χ4n) is 1.55. The molecule has 0 spiro atoms. The van der Waals surface area contributed by atoms with Crippen molar-refractivity contribution < 1.29 is 0 Å². The summed E-state index contributed by atoms with van der Waals surface area (Å²) in [5.74, 6) is 0.692. The Hall–Kier alpha value is -0.990. The highest BCUT2D eigenvalue weighted by atomic mass is 15.4. The van der Waals surface area contributed by atoms with Gasteiger partial charge in [-0.05, 0) is 25.2 Å². The van der Waals surface area contributed by atoms with Gasteiger partial charge in [-0.1, -0.05) is 33.6 Å². The fourth-order valence-corrected chi connectivity index (χ4v) is 1.55. The summed E-state index contributed by atoms with van der Waals surface area (Å²) >= 11 is 0. The molecule has 2 N–H and O–H groups in total. The van der Waals surface area contributed by atoms with Crippen LogP contribution >= 0.6 is 0 Å². The molecule has 0 saturated carbocycles. The number of hydrogen-bond donors (Lipinski definition) is 1. The lowest BCUT2D eigenvalue weighted by Crippen LogP contribution is -2.19. The largest absolute Gasteiger partial charge is 0.403 e. The topological polar surface area (TPSA) is 41.6 Å². The molecule has 3 heteroatoms. The average molecular weight is 225 g/mol. The van der Waals surface area contributed by atoms with E-state index in [-0.39, 0.29) is 0 Å². The molecule has 0 aliphatic carbocycles. The Balaban J connectivity index is 4.12. The molecular formula is C13H27N3. The van der Waals surface area contributed by atoms with E-state index in [9.17, 15) is 0 Å². The molecule has 3 nitrogen and oxygen atoms in total. The minimum Gasteiger partial charge on any atom is -0.403 e. The van der Waals surface area contributed by atoms with Crippen molar-refractivity contribution in [2.75, 3.05) is 6.54 Å². The summed E-state index contributed by atoms with van der Waals surface area (Å²) in [6.07, 6.45) is 7.40. The van der Waals surface area contributed by atoms with Gasteiger partial charge in [0.25, 0.3) is 0 Å². The van der Waals surface area contributed by atoms with Crippen LogP contribution in [0.5, 0.6) is 0 Å². The Morgan fingerprint density at radius 2 is 2.12 bits per heavy atom. The molecule has 16 heavy (non-hydrogen) atoms. The maximum absolute atomic E-state index is 5.65. The first-order valence-electron chi connectivity index (χ1n) is 6.30. The molecule has 0 amide bonds. The molecule has 0 aromatic rings. The van der Waals surface area contributed by atoms with Gasteiger partial charge in [-0.2, -0.15) is 5.10 Å². The Kier molecular flexibility index (Phi) is 8.68. The molecule has 0 heterocycles. The van der Waals surface area contributed by atoms with Crippen LogP contribution in [0.2, 0.25) is 0 Å². The van der Waals surface area contributed by atoms with E-state index in [0.717, 1.165) is 31.5 Å². The summed E-state index contributed by atoms with van der Waals surface area (Å²) in [5.41, 5.74) is 6.75. The molecule has 0 fully saturated rings. The quantitative estimate of drug-likeness (QED) is 0.371. The molecule has 0 aliphatic rings. The Morgan fingerprint density at radius 3 is 2.56 bits per heavy atom. The summed E-state index contributed by atoms with van der Waals surface area (Å²) in [6, 6.07) is 0. The first-order chi connectivity index (χ1) is 7.65. The van der Waals surface area contributed by atoms with E-state index in [2.05, 4.69) is 32.6 Å². The van der Waals surface area contributed by atoms with Gasteiger partial charge in [0.15, 0.2) is 0 Å². The highest BCUT2D eigenvalue weighted by Crippen LogP contribution is 2.16. The molecule has 0 bridgehead atoms. The third-order valence-corrected chi connectivity index (χ3v) is 2.65. The first kappa shape index (κ1) is 15.0. The molecule has 0 unspecified atom stereocenters. The SMILES string of the molecule is C=NN(CCCCC)/C(=C\N)CCC(C)C. The normalized spacial score (nSPS) is 11.9. The monoisotopic (exact) mass is 225 g/mol. The standard InChI is InChI=1S/C13H27N3/c1-5-6-7-10-16(15-4)13(11-14)9-8-12(2)3/h11-12H,4-10,14H2,1-3H3/b13-11-. The van der Waals surface area contributed by atoms with Crippen LogP contribution < -0.4 is 5.73 Å². The maximum atomic E-state index is 5.65. The number of rotatable bonds is 9. The van der Waals surface area contributed by atoms with Gasteiger partial charge in [0.05, 0.1) is 5.70 Å². The van der Waals surface area contributed by atoms with Gasteiger partial charge in [0, 0.05) is 19.5 Å². The van der Waals surface area contributed by atoms with Gasteiger partial charge in [0.2, 0.25) is 0 Å². The summed E-state index contributed by atoms with van der Waals surface area (Å²) < 4.78 is 0. The minimum absolute atomic E-state index is 0.692. The third-order valence-electron chi connectivity index (χ3n) is 2.65. The lowest BCUT2D eigenvalue weighted by Gasteiger charge is -2.22. The van der Waals surface area contributed by atoms with Crippen LogP contribution in [0.3, 0.4) is 0 Å². The van der Waals surface area contributed by atoms with Gasteiger partial charge in [-0.3, -0.25) is 5.01 Å². The Bertz CT molecular complexity index is 209. The van der Waals surface area contributed by atoms with E-state index < -0.39 is 0 Å². The summed E-state index contributed by atoms with van der Waals surface area (Å²) in [7, 11) is 0. The molecule has 0 aliphatic heterocycles. The number of hydrazone groups is 1. The maximum Gasteiger partial charge on any atom is 0.0522 e. The highest BCUT2D eigenvalue weighted by Gasteiger charge is 2.07. The van der Waals surface area contributed by atoms with Crippen LogP contribution in [0, 0.1) is 5.92 Å². The first-order valence-corrected chi connectivity index (χ1v) is 6.30. The van der Waals surface area contributed by atoms with Crippen LogP contribution in [-0.4, -0.2) is 18.3 Å². The zero-order valence-corrected chi connectivity index (χ0v) is 11.1. The molecular weight excluding hydrogens is 198 g/mol. The van der Waals surface area contributed by atoms with Gasteiger partial charge < -0.3 is 5.73 Å². The molecule has 0 saturated heterocycles. The zero-order chi connectivity index (χ0) is 12.4. The average Bonchev–Trinajstić information content (AvgIpc) is 2.27. The Morgan fingerprint density at radius 1 is 1.44 bits per heavy atom. The van der Waals surface area contributed by atoms with Crippen molar-refractivity contribution in [1.29, 1.82) is 0 Å². The van der Waals surface area contributed by atoms with E-state index in [1.807, 2.05) is 5.01 Å². The van der Waals surface area contributed by atoms with Crippen LogP contribution in [0.4, 0.5) is 0 Å². The van der Waals surface area contributed by atoms with Crippen molar-refractivity contribution in [3.8, 4) is 0 Å². The molecule has 0 aromatic heterocycles. The predicted molar refractivity (Wildman–Crippen MR) is 72.1 cm³/mol. The van der Waals surface area contributed by atoms with Crippen molar-refractivity contribution in [1.82, 2.24) is 5.01 Å². The van der Waals surface area contributed by atoms with Crippen LogP contribution in [0.25, 0.3) is 0 Å². The van der Waals surface area contributed by atoms with E-state index in [1.54, 1.807) is 6.20 Å². The number of hydrogen-bond acceptors (Lipinski definition) is 3. The molecule has 94 valence electrons. The zero-order valence-electron chi connectivity index (χ0n) is 11.1. The smallest absolute Gasteiger partial charge is 0.0522 e. The van der Waals surface area contributed by atoms with Crippen molar-refractivity contribution >= 4 is 6.72 Å². The van der Waals surface area contributed by atoms with Crippen molar-refractivity contribution in [3.63, 3.8) is 0 Å². The van der Waals surface area contributed by atoms with Crippen LogP contribution in [0.15, 0.2) is 17.0 Å². The van der Waals surface area contributed by atoms with E-state index in [1.165, 1.54) is 12.8 Å². The van der Waals surface area contributed by atoms with Crippen LogP contribution in [0.1, 0.15) is 52.9 Å². The van der Waals surface area contributed by atoms with Gasteiger partial charge in [-0.25, -0.2) is 0 Å². The van der Waals surface area contributed by atoms with Crippen molar-refractivity contribution in [2.24, 2.45) is 16.8 Å². The fraction of sp³-hybridized carbons (Fsp3) is 0.769. The Labute approximate surface area is 100 Å². The van der Waals surface area contributed by atoms with Crippen LogP contribution in [-0.2, 0) is 0 Å². The number of nitrogens with zero attached hydrogens (tertiary/aromatic N) is 2. The predicted octanol–water partition coefficient (Wildman–Crippen LogP) is 3.33. The van der Waals surface area contributed by atoms with E-state index >= 15 is 0 Å². The van der Waals surface area contributed by atoms with Crippen molar-refractivity contribution in [3.05, 3.63) is 11.9 Å². The number of allylic oxidation sites excluding steroid dienone is 1. The van der Waals surface area contributed by atoms with Gasteiger partial charge in [0.1, 0.15) is 0 Å². The second-order valence-corrected chi connectivity index (χ2v) is 4.56. The molecule has 0 radical (unpaired) electrons. The number of nitrogens with two attached hydrogens (primary N) is 1.